The summed E-state index contributed by atoms with van der Waals surface area (Å²) in [6, 6.07) is 0. The number of hydrogen-bond acceptors (Lipinski definition) is 4. The lowest BCUT2D eigenvalue weighted by molar-refractivity contribution is -0.198. The lowest BCUT2D eigenvalue weighted by atomic mass is 9.55. The Bertz CT molecular complexity index is 519. The maximum Gasteiger partial charge on any atom is 0.171 e. The Morgan fingerprint density at radius 1 is 1.22 bits per heavy atom. The molecule has 0 saturated heterocycles. The third kappa shape index (κ3) is 3.30. The number of rotatable bonds is 0. The van der Waals surface area contributed by atoms with Crippen molar-refractivity contribution in [3.63, 3.8) is 0 Å². The monoisotopic (exact) mass is 322 g/mol. The zero-order chi connectivity index (χ0) is 17.4. The smallest absolute Gasteiger partial charge is 0.171 e. The van der Waals surface area contributed by atoms with Gasteiger partial charge < -0.3 is 15.3 Å². The second-order valence-electron chi connectivity index (χ2n) is 7.95. The van der Waals surface area contributed by atoms with Crippen LogP contribution in [0, 0.1) is 11.3 Å². The van der Waals surface area contributed by atoms with Crippen LogP contribution in [0.2, 0.25) is 0 Å². The number of Topliss-reactive ketones (excluding diaryl/α,β-unsaturated/α-hetero) is 1. The van der Waals surface area contributed by atoms with Crippen LogP contribution in [0.1, 0.15) is 59.3 Å². The second-order valence-corrected chi connectivity index (χ2v) is 7.95. The molecular weight excluding hydrogens is 292 g/mol. The van der Waals surface area contributed by atoms with Crippen molar-refractivity contribution in [3.05, 3.63) is 23.8 Å². The second kappa shape index (κ2) is 6.50. The van der Waals surface area contributed by atoms with Crippen LogP contribution in [0.4, 0.5) is 0 Å². The molecule has 2 aliphatic carbocycles. The summed E-state index contributed by atoms with van der Waals surface area (Å²) in [4.78, 5) is 12.8. The minimum absolute atomic E-state index is 0.0489. The summed E-state index contributed by atoms with van der Waals surface area (Å²) in [7, 11) is 0. The fraction of sp³-hybridized carbons (Fsp3) is 0.737. The van der Waals surface area contributed by atoms with Gasteiger partial charge in [0.25, 0.3) is 0 Å². The molecule has 0 aliphatic heterocycles. The van der Waals surface area contributed by atoms with Crippen molar-refractivity contribution in [1.29, 1.82) is 0 Å². The van der Waals surface area contributed by atoms with Crippen molar-refractivity contribution in [2.24, 2.45) is 11.3 Å². The Kier molecular flexibility index (Phi) is 5.19. The molecule has 4 nitrogen and oxygen atoms in total. The number of aliphatic hydroxyl groups excluding tert-OH is 2. The van der Waals surface area contributed by atoms with Gasteiger partial charge in [-0.15, -0.1) is 0 Å². The average molecular weight is 322 g/mol. The molecule has 23 heavy (non-hydrogen) atoms. The van der Waals surface area contributed by atoms with Gasteiger partial charge in [0.2, 0.25) is 0 Å². The van der Waals surface area contributed by atoms with Gasteiger partial charge in [-0.25, -0.2) is 0 Å². The van der Waals surface area contributed by atoms with E-state index in [1.54, 1.807) is 13.0 Å². The molecule has 0 radical (unpaired) electrons. The number of aliphatic hydroxyl groups is 3. The van der Waals surface area contributed by atoms with E-state index in [4.69, 9.17) is 0 Å². The highest BCUT2D eigenvalue weighted by molar-refractivity contribution is 5.90. The fourth-order valence-electron chi connectivity index (χ4n) is 4.33. The molecule has 3 N–H and O–H groups in total. The summed E-state index contributed by atoms with van der Waals surface area (Å²) in [6.07, 6.45) is 3.32. The van der Waals surface area contributed by atoms with Gasteiger partial charge >= 0.3 is 0 Å². The van der Waals surface area contributed by atoms with Crippen LogP contribution < -0.4 is 0 Å². The summed E-state index contributed by atoms with van der Waals surface area (Å²) in [5.41, 5.74) is -0.732. The van der Waals surface area contributed by atoms with Crippen LogP contribution in [-0.4, -0.2) is 38.9 Å². The summed E-state index contributed by atoms with van der Waals surface area (Å²) < 4.78 is 0. The summed E-state index contributed by atoms with van der Waals surface area (Å²) in [5.74, 6) is -0.211. The van der Waals surface area contributed by atoms with Gasteiger partial charge in [-0.05, 0) is 44.9 Å². The lowest BCUT2D eigenvalue weighted by Crippen LogP contribution is -2.64. The van der Waals surface area contributed by atoms with Gasteiger partial charge in [0.15, 0.2) is 11.4 Å². The van der Waals surface area contributed by atoms with Crippen LogP contribution in [0.5, 0.6) is 0 Å². The Morgan fingerprint density at radius 3 is 2.52 bits per heavy atom. The first-order valence-electron chi connectivity index (χ1n) is 8.54. The first-order chi connectivity index (χ1) is 10.6. The van der Waals surface area contributed by atoms with E-state index in [-0.39, 0.29) is 18.1 Å². The van der Waals surface area contributed by atoms with E-state index in [1.165, 1.54) is 0 Å². The van der Waals surface area contributed by atoms with E-state index >= 15 is 0 Å². The normalized spacial score (nSPS) is 41.5. The van der Waals surface area contributed by atoms with Crippen molar-refractivity contribution >= 4 is 5.78 Å². The molecule has 0 aromatic rings. The molecule has 2 aliphatic rings. The number of carbonyl (C=O) groups is 1. The molecule has 1 fully saturated rings. The molecule has 130 valence electrons. The van der Waals surface area contributed by atoms with E-state index in [2.05, 4.69) is 6.58 Å². The SMILES string of the molecule is C=C1CC[C@@H]2CC[C@@H](O)[C@](O)(C(=O)C/C(C)=C/[C@@H](O)C1)C2(C)C. The molecule has 2 rings (SSSR count). The number of carbonyl (C=O) groups excluding carboxylic acids is 1. The van der Waals surface area contributed by atoms with E-state index < -0.39 is 23.2 Å². The van der Waals surface area contributed by atoms with Crippen LogP contribution in [0.15, 0.2) is 23.8 Å². The largest absolute Gasteiger partial charge is 0.390 e. The third-order valence-electron chi connectivity index (χ3n) is 5.96. The van der Waals surface area contributed by atoms with Crippen LogP contribution >= 0.6 is 0 Å². The van der Waals surface area contributed by atoms with Gasteiger partial charge in [0.1, 0.15) is 0 Å². The molecule has 0 spiro atoms. The maximum atomic E-state index is 12.8. The Morgan fingerprint density at radius 2 is 1.87 bits per heavy atom. The van der Waals surface area contributed by atoms with Gasteiger partial charge in [-0.3, -0.25) is 4.79 Å². The summed E-state index contributed by atoms with van der Waals surface area (Å²) in [6.45, 7) is 9.61. The van der Waals surface area contributed by atoms with Crippen molar-refractivity contribution < 1.29 is 20.1 Å². The average Bonchev–Trinajstić information content (AvgIpc) is 2.42. The summed E-state index contributed by atoms with van der Waals surface area (Å²) >= 11 is 0. The quantitative estimate of drug-likeness (QED) is 0.599. The van der Waals surface area contributed by atoms with Gasteiger partial charge in [0, 0.05) is 11.8 Å². The van der Waals surface area contributed by atoms with Crippen LogP contribution in [0.25, 0.3) is 0 Å². The molecule has 0 heterocycles. The Balaban J connectivity index is 2.44. The molecule has 0 unspecified atom stereocenters. The van der Waals surface area contributed by atoms with Crippen molar-refractivity contribution in [2.45, 2.75) is 77.1 Å². The zero-order valence-electron chi connectivity index (χ0n) is 14.5. The molecule has 2 bridgehead atoms. The van der Waals surface area contributed by atoms with Crippen molar-refractivity contribution in [3.8, 4) is 0 Å². The summed E-state index contributed by atoms with van der Waals surface area (Å²) in [5, 5.41) is 31.7. The van der Waals surface area contributed by atoms with Crippen molar-refractivity contribution in [1.82, 2.24) is 0 Å². The molecule has 0 amide bonds. The number of hydrogen-bond donors (Lipinski definition) is 3. The van der Waals surface area contributed by atoms with Crippen LogP contribution in [0.3, 0.4) is 0 Å². The minimum Gasteiger partial charge on any atom is -0.390 e. The van der Waals surface area contributed by atoms with Gasteiger partial charge in [-0.1, -0.05) is 37.6 Å². The predicted molar refractivity (Wildman–Crippen MR) is 89.8 cm³/mol. The first-order valence-corrected chi connectivity index (χ1v) is 8.54. The lowest BCUT2D eigenvalue weighted by Gasteiger charge is -2.53. The van der Waals surface area contributed by atoms with Crippen LogP contribution in [-0.2, 0) is 4.79 Å². The zero-order valence-corrected chi connectivity index (χ0v) is 14.5. The molecule has 4 atom stereocenters. The maximum absolute atomic E-state index is 12.8. The number of allylic oxidation sites excluding steroid dienone is 1. The molecular formula is C19H30O4. The molecule has 0 aromatic heterocycles. The third-order valence-corrected chi connectivity index (χ3v) is 5.96. The first kappa shape index (κ1) is 18.4. The van der Waals surface area contributed by atoms with Crippen molar-refractivity contribution in [2.75, 3.05) is 0 Å². The number of fused-ring (bicyclic) bond motifs is 2. The highest BCUT2D eigenvalue weighted by Gasteiger charge is 2.59. The molecule has 1 saturated carbocycles. The van der Waals surface area contributed by atoms with Gasteiger partial charge in [-0.2, -0.15) is 0 Å². The Labute approximate surface area is 138 Å². The minimum atomic E-state index is -1.74. The number of ketones is 1. The predicted octanol–water partition coefficient (Wildman–Crippen LogP) is 2.52. The highest BCUT2D eigenvalue weighted by Crippen LogP contribution is 2.51. The fourth-order valence-corrected chi connectivity index (χ4v) is 4.33. The van der Waals surface area contributed by atoms with E-state index in [0.717, 1.165) is 30.4 Å². The highest BCUT2D eigenvalue weighted by atomic mass is 16.4. The Hall–Kier alpha value is -0.970. The van der Waals surface area contributed by atoms with E-state index in [1.807, 2.05) is 13.8 Å². The standard InChI is InChI=1S/C19H30O4/c1-12-5-6-14-7-8-16(21)19(23,18(14,3)4)17(22)11-13(2)10-15(20)9-12/h10,14-16,20-21,23H,1,5-9,11H2,2-4H3/b13-10+/t14-,15+,16-,19+/m1/s1. The van der Waals surface area contributed by atoms with Gasteiger partial charge in [0.05, 0.1) is 12.2 Å². The topological polar surface area (TPSA) is 77.8 Å². The van der Waals surface area contributed by atoms with E-state index in [9.17, 15) is 20.1 Å². The molecule has 4 heteroatoms. The van der Waals surface area contributed by atoms with E-state index in [0.29, 0.717) is 12.8 Å². The molecule has 0 aromatic carbocycles.